The number of hydrogen-bond donors (Lipinski definition) is 1. The predicted octanol–water partition coefficient (Wildman–Crippen LogP) is 1.87. The Morgan fingerprint density at radius 1 is 1.37 bits per heavy atom. The molecule has 102 valence electrons. The molecule has 4 nitrogen and oxygen atoms in total. The molecule has 2 amide bonds. The summed E-state index contributed by atoms with van der Waals surface area (Å²) < 4.78 is 0. The summed E-state index contributed by atoms with van der Waals surface area (Å²) in [4.78, 5) is 24.4. The van der Waals surface area contributed by atoms with Crippen molar-refractivity contribution in [1.82, 2.24) is 4.90 Å². The minimum atomic E-state index is -0.412. The van der Waals surface area contributed by atoms with Crippen molar-refractivity contribution < 1.29 is 9.59 Å². The van der Waals surface area contributed by atoms with Gasteiger partial charge in [-0.25, -0.2) is 0 Å². The number of nitrogens with two attached hydrogens (primary N) is 1. The molecule has 1 aliphatic heterocycles. The van der Waals surface area contributed by atoms with Crippen LogP contribution < -0.4 is 5.73 Å². The van der Waals surface area contributed by atoms with Crippen LogP contribution in [0.3, 0.4) is 0 Å². The molecule has 19 heavy (non-hydrogen) atoms. The van der Waals surface area contributed by atoms with Crippen LogP contribution in [0.25, 0.3) is 0 Å². The first-order valence-electron chi connectivity index (χ1n) is 5.98. The Labute approximate surface area is 121 Å². The van der Waals surface area contributed by atoms with Crippen LogP contribution in [0, 0.1) is 5.92 Å². The van der Waals surface area contributed by atoms with Gasteiger partial charge in [0.1, 0.15) is 0 Å². The van der Waals surface area contributed by atoms with Gasteiger partial charge in [0, 0.05) is 19.5 Å². The number of rotatable bonds is 4. The Bertz CT molecular complexity index is 519. The van der Waals surface area contributed by atoms with Crippen molar-refractivity contribution in [3.05, 3.63) is 33.8 Å². The van der Waals surface area contributed by atoms with E-state index in [1.807, 2.05) is 6.07 Å². The van der Waals surface area contributed by atoms with E-state index in [1.54, 1.807) is 17.0 Å². The Morgan fingerprint density at radius 3 is 2.68 bits per heavy atom. The average molecular weight is 301 g/mol. The van der Waals surface area contributed by atoms with Crippen LogP contribution in [0.4, 0.5) is 0 Å². The Morgan fingerprint density at radius 2 is 2.11 bits per heavy atom. The molecule has 1 aromatic rings. The zero-order chi connectivity index (χ0) is 14.0. The Kier molecular flexibility index (Phi) is 4.32. The van der Waals surface area contributed by atoms with E-state index in [4.69, 9.17) is 28.9 Å². The van der Waals surface area contributed by atoms with Crippen LogP contribution in [0.15, 0.2) is 18.2 Å². The normalized spacial score (nSPS) is 18.9. The summed E-state index contributed by atoms with van der Waals surface area (Å²) in [7, 11) is 0. The number of carbonyl (C=O) groups excluding carboxylic acids is 2. The molecule has 0 aromatic heterocycles. The summed E-state index contributed by atoms with van der Waals surface area (Å²) in [5.41, 5.74) is 6.22. The summed E-state index contributed by atoms with van der Waals surface area (Å²) in [6.07, 6.45) is 0.894. The zero-order valence-corrected chi connectivity index (χ0v) is 11.7. The fourth-order valence-electron chi connectivity index (χ4n) is 2.14. The largest absolute Gasteiger partial charge is 0.369 e. The highest BCUT2D eigenvalue weighted by Gasteiger charge is 2.32. The molecule has 2 rings (SSSR count). The molecule has 1 aliphatic rings. The lowest BCUT2D eigenvalue weighted by atomic mass is 10.1. The first-order chi connectivity index (χ1) is 8.97. The molecule has 0 radical (unpaired) electrons. The van der Waals surface area contributed by atoms with Crippen molar-refractivity contribution in [3.8, 4) is 0 Å². The number of benzene rings is 1. The van der Waals surface area contributed by atoms with Crippen LogP contribution >= 0.6 is 23.2 Å². The molecule has 1 atom stereocenters. The topological polar surface area (TPSA) is 63.4 Å². The number of halogens is 2. The molecule has 0 saturated carbocycles. The standard InChI is InChI=1S/C13H14Cl2N2O2/c14-10-2-1-8(5-11(10)15)3-4-17-7-9(13(16)19)6-12(17)18/h1-2,5,9H,3-4,6-7H2,(H2,16,19). The number of nitrogens with zero attached hydrogens (tertiary/aromatic N) is 1. The van der Waals surface area contributed by atoms with Crippen molar-refractivity contribution in [2.24, 2.45) is 11.7 Å². The minimum absolute atomic E-state index is 0.0242. The maximum atomic E-state index is 11.7. The van der Waals surface area contributed by atoms with Crippen LogP contribution in [-0.4, -0.2) is 29.8 Å². The zero-order valence-electron chi connectivity index (χ0n) is 10.2. The monoisotopic (exact) mass is 300 g/mol. The van der Waals surface area contributed by atoms with Gasteiger partial charge in [-0.2, -0.15) is 0 Å². The van der Waals surface area contributed by atoms with Crippen LogP contribution in [-0.2, 0) is 16.0 Å². The van der Waals surface area contributed by atoms with Gasteiger partial charge in [0.05, 0.1) is 16.0 Å². The third-order valence-electron chi connectivity index (χ3n) is 3.27. The third-order valence-corrected chi connectivity index (χ3v) is 4.01. The predicted molar refractivity (Wildman–Crippen MR) is 74.0 cm³/mol. The van der Waals surface area contributed by atoms with Gasteiger partial charge in [-0.1, -0.05) is 29.3 Å². The molecule has 2 N–H and O–H groups in total. The number of carbonyl (C=O) groups is 2. The van der Waals surface area contributed by atoms with Crippen molar-refractivity contribution in [3.63, 3.8) is 0 Å². The van der Waals surface area contributed by atoms with E-state index in [0.29, 0.717) is 29.6 Å². The molecule has 1 unspecified atom stereocenters. The Hall–Kier alpha value is -1.26. The van der Waals surface area contributed by atoms with Crippen LogP contribution in [0.2, 0.25) is 10.0 Å². The molecular weight excluding hydrogens is 287 g/mol. The molecule has 0 aliphatic carbocycles. The lowest BCUT2D eigenvalue weighted by Crippen LogP contribution is -2.30. The van der Waals surface area contributed by atoms with Gasteiger partial charge in [-0.05, 0) is 24.1 Å². The second kappa shape index (κ2) is 5.80. The van der Waals surface area contributed by atoms with Gasteiger partial charge in [0.25, 0.3) is 0 Å². The van der Waals surface area contributed by atoms with Crippen molar-refractivity contribution >= 4 is 35.0 Å². The molecule has 1 saturated heterocycles. The van der Waals surface area contributed by atoms with E-state index in [2.05, 4.69) is 0 Å². The molecule has 6 heteroatoms. The van der Waals surface area contributed by atoms with Gasteiger partial charge in [0.2, 0.25) is 11.8 Å². The summed E-state index contributed by atoms with van der Waals surface area (Å²) >= 11 is 11.8. The van der Waals surface area contributed by atoms with E-state index in [0.717, 1.165) is 5.56 Å². The fourth-order valence-corrected chi connectivity index (χ4v) is 2.46. The van der Waals surface area contributed by atoms with E-state index in [9.17, 15) is 9.59 Å². The first kappa shape index (κ1) is 14.2. The van der Waals surface area contributed by atoms with Crippen molar-refractivity contribution in [1.29, 1.82) is 0 Å². The molecular formula is C13H14Cl2N2O2. The fraction of sp³-hybridized carbons (Fsp3) is 0.385. The quantitative estimate of drug-likeness (QED) is 0.922. The third kappa shape index (κ3) is 3.39. The van der Waals surface area contributed by atoms with Gasteiger partial charge in [0.15, 0.2) is 0 Å². The van der Waals surface area contributed by atoms with Crippen molar-refractivity contribution in [2.45, 2.75) is 12.8 Å². The van der Waals surface area contributed by atoms with E-state index in [-0.39, 0.29) is 18.2 Å². The molecule has 0 bridgehead atoms. The lowest BCUT2D eigenvalue weighted by molar-refractivity contribution is -0.128. The SMILES string of the molecule is NC(=O)C1CC(=O)N(CCc2ccc(Cl)c(Cl)c2)C1. The number of amides is 2. The molecule has 1 fully saturated rings. The average Bonchev–Trinajstić information content (AvgIpc) is 2.73. The number of likely N-dealkylation sites (tertiary alicyclic amines) is 1. The highest BCUT2D eigenvalue weighted by molar-refractivity contribution is 6.42. The Balaban J connectivity index is 1.94. The van der Waals surface area contributed by atoms with Gasteiger partial charge in [-0.15, -0.1) is 0 Å². The van der Waals surface area contributed by atoms with E-state index < -0.39 is 5.91 Å². The van der Waals surface area contributed by atoms with Gasteiger partial charge in [-0.3, -0.25) is 9.59 Å². The summed E-state index contributed by atoms with van der Waals surface area (Å²) in [5, 5.41) is 1.01. The number of hydrogen-bond acceptors (Lipinski definition) is 2. The maximum absolute atomic E-state index is 11.7. The summed E-state index contributed by atoms with van der Waals surface area (Å²) in [6, 6.07) is 5.40. The van der Waals surface area contributed by atoms with Gasteiger partial charge < -0.3 is 10.6 Å². The highest BCUT2D eigenvalue weighted by Crippen LogP contribution is 2.23. The smallest absolute Gasteiger partial charge is 0.223 e. The van der Waals surface area contributed by atoms with Crippen molar-refractivity contribution in [2.75, 3.05) is 13.1 Å². The highest BCUT2D eigenvalue weighted by atomic mass is 35.5. The van der Waals surface area contributed by atoms with E-state index in [1.165, 1.54) is 0 Å². The molecule has 1 heterocycles. The summed E-state index contributed by atoms with van der Waals surface area (Å²) in [6.45, 7) is 0.968. The molecule has 1 aromatic carbocycles. The maximum Gasteiger partial charge on any atom is 0.223 e. The first-order valence-corrected chi connectivity index (χ1v) is 6.74. The number of primary amides is 1. The second-order valence-corrected chi connectivity index (χ2v) is 5.46. The summed E-state index contributed by atoms with van der Waals surface area (Å²) in [5.74, 6) is -0.796. The minimum Gasteiger partial charge on any atom is -0.369 e. The van der Waals surface area contributed by atoms with Crippen LogP contribution in [0.1, 0.15) is 12.0 Å². The van der Waals surface area contributed by atoms with E-state index >= 15 is 0 Å². The lowest BCUT2D eigenvalue weighted by Gasteiger charge is -2.16. The second-order valence-electron chi connectivity index (χ2n) is 4.64. The van der Waals surface area contributed by atoms with Gasteiger partial charge >= 0.3 is 0 Å². The van der Waals surface area contributed by atoms with Crippen LogP contribution in [0.5, 0.6) is 0 Å². The molecule has 0 spiro atoms.